The second kappa shape index (κ2) is 6.68. The molecular weight excluding hydrogens is 302 g/mol. The summed E-state index contributed by atoms with van der Waals surface area (Å²) in [5, 5.41) is 18.4. The van der Waals surface area contributed by atoms with E-state index >= 15 is 0 Å². The third-order valence-corrected chi connectivity index (χ3v) is 4.89. The topological polar surface area (TPSA) is 85.0 Å². The van der Waals surface area contributed by atoms with Crippen molar-refractivity contribution in [2.45, 2.75) is 32.1 Å². The Bertz CT molecular complexity index is 767. The van der Waals surface area contributed by atoms with Gasteiger partial charge in [-0.15, -0.1) is 0 Å². The summed E-state index contributed by atoms with van der Waals surface area (Å²) in [4.78, 5) is 26.5. The van der Waals surface area contributed by atoms with E-state index < -0.39 is 5.92 Å². The van der Waals surface area contributed by atoms with Crippen molar-refractivity contribution in [3.8, 4) is 12.1 Å². The van der Waals surface area contributed by atoms with Gasteiger partial charge >= 0.3 is 0 Å². The number of hydrogen-bond donors (Lipinski definition) is 0. The van der Waals surface area contributed by atoms with E-state index in [0.29, 0.717) is 12.1 Å². The first-order chi connectivity index (χ1) is 11.7. The first-order valence-electron chi connectivity index (χ1n) is 8.12. The molecule has 2 fully saturated rings. The summed E-state index contributed by atoms with van der Waals surface area (Å²) in [5.74, 6) is -1.08. The molecular formula is C19H17N3O2. The number of allylic oxidation sites excluding steroid dienone is 2. The maximum Gasteiger partial charge on any atom is 0.237 e. The van der Waals surface area contributed by atoms with Gasteiger partial charge in [-0.3, -0.25) is 14.5 Å². The molecule has 1 aromatic rings. The SMILES string of the molecule is N#CC(C#N)=C1CCCC[C@H]1[C@H]1CC(=O)N(c2ccccc2)C1=O. The van der Waals surface area contributed by atoms with Gasteiger partial charge in [0.25, 0.3) is 0 Å². The van der Waals surface area contributed by atoms with E-state index in [2.05, 4.69) is 0 Å². The molecule has 3 rings (SSSR count). The molecule has 0 unspecified atom stereocenters. The molecule has 5 heteroatoms. The molecule has 1 aliphatic carbocycles. The van der Waals surface area contributed by atoms with Crippen LogP contribution in [-0.4, -0.2) is 11.8 Å². The van der Waals surface area contributed by atoms with Gasteiger partial charge in [-0.2, -0.15) is 10.5 Å². The van der Waals surface area contributed by atoms with Crippen LogP contribution in [0.15, 0.2) is 41.5 Å². The Balaban J connectivity index is 1.94. The molecule has 0 aromatic heterocycles. The van der Waals surface area contributed by atoms with Crippen molar-refractivity contribution >= 4 is 17.5 Å². The Hall–Kier alpha value is -2.92. The van der Waals surface area contributed by atoms with E-state index in [0.717, 1.165) is 24.8 Å². The van der Waals surface area contributed by atoms with Crippen LogP contribution in [0, 0.1) is 34.5 Å². The fraction of sp³-hybridized carbons (Fsp3) is 0.368. The summed E-state index contributed by atoms with van der Waals surface area (Å²) >= 11 is 0. The lowest BCUT2D eigenvalue weighted by molar-refractivity contribution is -0.122. The molecule has 1 aliphatic heterocycles. The molecule has 0 radical (unpaired) electrons. The van der Waals surface area contributed by atoms with Crippen molar-refractivity contribution in [2.75, 3.05) is 4.90 Å². The molecule has 2 amide bonds. The van der Waals surface area contributed by atoms with Crippen LogP contribution in [0.25, 0.3) is 0 Å². The van der Waals surface area contributed by atoms with Gasteiger partial charge in [0.1, 0.15) is 17.7 Å². The summed E-state index contributed by atoms with van der Waals surface area (Å²) in [5.41, 5.74) is 1.45. The maximum absolute atomic E-state index is 12.9. The van der Waals surface area contributed by atoms with Gasteiger partial charge in [0.2, 0.25) is 11.8 Å². The Kier molecular flexibility index (Phi) is 4.44. The highest BCUT2D eigenvalue weighted by atomic mass is 16.2. The highest BCUT2D eigenvalue weighted by Crippen LogP contribution is 2.42. The average Bonchev–Trinajstić information content (AvgIpc) is 2.91. The van der Waals surface area contributed by atoms with E-state index in [4.69, 9.17) is 0 Å². The molecule has 1 heterocycles. The predicted molar refractivity (Wildman–Crippen MR) is 87.3 cm³/mol. The number of nitrogens with zero attached hydrogens (tertiary/aromatic N) is 3. The van der Waals surface area contributed by atoms with E-state index in [1.807, 2.05) is 18.2 Å². The van der Waals surface area contributed by atoms with Crippen LogP contribution < -0.4 is 4.90 Å². The number of carbonyl (C=O) groups excluding carboxylic acids is 2. The molecule has 2 atom stereocenters. The fourth-order valence-electron chi connectivity index (χ4n) is 3.78. The molecule has 1 saturated carbocycles. The monoisotopic (exact) mass is 319 g/mol. The minimum absolute atomic E-state index is 0.109. The molecule has 5 nitrogen and oxygen atoms in total. The predicted octanol–water partition coefficient (Wildman–Crippen LogP) is 3.10. The lowest BCUT2D eigenvalue weighted by Gasteiger charge is -2.29. The summed E-state index contributed by atoms with van der Waals surface area (Å²) in [6.07, 6.45) is 3.41. The van der Waals surface area contributed by atoms with E-state index in [9.17, 15) is 20.1 Å². The minimum atomic E-state index is -0.468. The van der Waals surface area contributed by atoms with Crippen LogP contribution in [0.5, 0.6) is 0 Å². The minimum Gasteiger partial charge on any atom is -0.274 e. The van der Waals surface area contributed by atoms with E-state index in [1.165, 1.54) is 4.90 Å². The van der Waals surface area contributed by atoms with Gasteiger partial charge in [0.15, 0.2) is 0 Å². The second-order valence-electron chi connectivity index (χ2n) is 6.19. The standard InChI is InChI=1S/C19H17N3O2/c20-11-13(12-21)15-8-4-5-9-16(15)17-10-18(23)22(19(17)24)14-6-2-1-3-7-14/h1-3,6-7,16-17H,4-5,8-10H2/t16-,17-/m1/s1. The Morgan fingerprint density at radius 1 is 1.04 bits per heavy atom. The highest BCUT2D eigenvalue weighted by molar-refractivity contribution is 6.21. The first-order valence-corrected chi connectivity index (χ1v) is 8.12. The molecule has 1 aromatic carbocycles. The Morgan fingerprint density at radius 3 is 2.42 bits per heavy atom. The molecule has 0 spiro atoms. The largest absolute Gasteiger partial charge is 0.274 e. The number of nitriles is 2. The van der Waals surface area contributed by atoms with Gasteiger partial charge in [-0.05, 0) is 42.9 Å². The maximum atomic E-state index is 12.9. The van der Waals surface area contributed by atoms with Crippen LogP contribution in [0.3, 0.4) is 0 Å². The molecule has 2 aliphatic rings. The Labute approximate surface area is 140 Å². The first kappa shape index (κ1) is 16.0. The van der Waals surface area contributed by atoms with Gasteiger partial charge in [0.05, 0.1) is 11.6 Å². The summed E-state index contributed by atoms with van der Waals surface area (Å²) in [7, 11) is 0. The van der Waals surface area contributed by atoms with Crippen molar-refractivity contribution in [3.63, 3.8) is 0 Å². The average molecular weight is 319 g/mol. The number of anilines is 1. The van der Waals surface area contributed by atoms with Crippen LogP contribution in [0.1, 0.15) is 32.1 Å². The molecule has 0 N–H and O–H groups in total. The van der Waals surface area contributed by atoms with Crippen LogP contribution in [0.4, 0.5) is 5.69 Å². The number of imide groups is 1. The lowest BCUT2D eigenvalue weighted by Crippen LogP contribution is -2.33. The zero-order valence-corrected chi connectivity index (χ0v) is 13.2. The quantitative estimate of drug-likeness (QED) is 0.619. The van der Waals surface area contributed by atoms with E-state index in [1.54, 1.807) is 24.3 Å². The van der Waals surface area contributed by atoms with Gasteiger partial charge in [0, 0.05) is 6.42 Å². The molecule has 0 bridgehead atoms. The number of benzene rings is 1. The third kappa shape index (κ3) is 2.70. The smallest absolute Gasteiger partial charge is 0.237 e. The zero-order chi connectivity index (χ0) is 17.1. The van der Waals surface area contributed by atoms with Crippen molar-refractivity contribution in [3.05, 3.63) is 41.5 Å². The van der Waals surface area contributed by atoms with Crippen molar-refractivity contribution in [1.29, 1.82) is 10.5 Å². The number of amides is 2. The van der Waals surface area contributed by atoms with Crippen molar-refractivity contribution in [1.82, 2.24) is 0 Å². The number of rotatable bonds is 2. The lowest BCUT2D eigenvalue weighted by atomic mass is 9.74. The second-order valence-corrected chi connectivity index (χ2v) is 6.19. The van der Waals surface area contributed by atoms with Gasteiger partial charge in [-0.25, -0.2) is 0 Å². The van der Waals surface area contributed by atoms with Crippen LogP contribution in [-0.2, 0) is 9.59 Å². The molecule has 24 heavy (non-hydrogen) atoms. The van der Waals surface area contributed by atoms with Crippen molar-refractivity contribution < 1.29 is 9.59 Å². The molecule has 120 valence electrons. The number of hydrogen-bond acceptors (Lipinski definition) is 4. The van der Waals surface area contributed by atoms with Gasteiger partial charge < -0.3 is 0 Å². The number of para-hydroxylation sites is 1. The third-order valence-electron chi connectivity index (χ3n) is 4.89. The highest BCUT2D eigenvalue weighted by Gasteiger charge is 2.45. The van der Waals surface area contributed by atoms with Crippen LogP contribution in [0.2, 0.25) is 0 Å². The zero-order valence-electron chi connectivity index (χ0n) is 13.2. The fourth-order valence-corrected chi connectivity index (χ4v) is 3.78. The normalized spacial score (nSPS) is 23.8. The summed E-state index contributed by atoms with van der Waals surface area (Å²) in [6.45, 7) is 0. The van der Waals surface area contributed by atoms with Gasteiger partial charge in [-0.1, -0.05) is 24.6 Å². The number of carbonyl (C=O) groups is 2. The Morgan fingerprint density at radius 2 is 1.75 bits per heavy atom. The van der Waals surface area contributed by atoms with Crippen molar-refractivity contribution in [2.24, 2.45) is 11.8 Å². The summed E-state index contributed by atoms with van der Waals surface area (Å²) in [6, 6.07) is 12.8. The van der Waals surface area contributed by atoms with E-state index in [-0.39, 0.29) is 29.7 Å². The summed E-state index contributed by atoms with van der Waals surface area (Å²) < 4.78 is 0. The van der Waals surface area contributed by atoms with Crippen LogP contribution >= 0.6 is 0 Å². The molecule has 1 saturated heterocycles.